The van der Waals surface area contributed by atoms with E-state index in [2.05, 4.69) is 15.9 Å². The first kappa shape index (κ1) is 13.5. The first-order chi connectivity index (χ1) is 6.56. The van der Waals surface area contributed by atoms with Crippen molar-refractivity contribution in [3.63, 3.8) is 0 Å². The average Bonchev–Trinajstić information content (AvgIpc) is 2.08. The number of aliphatic carboxylic acids is 1. The SMILES string of the molecule is CC(=O)O.OCSc1ccc(Br)cc1. The summed E-state index contributed by atoms with van der Waals surface area (Å²) < 4.78 is 1.06. The van der Waals surface area contributed by atoms with E-state index in [0.29, 0.717) is 0 Å². The van der Waals surface area contributed by atoms with Gasteiger partial charge in [-0.3, -0.25) is 4.79 Å². The van der Waals surface area contributed by atoms with E-state index in [1.807, 2.05) is 24.3 Å². The van der Waals surface area contributed by atoms with Gasteiger partial charge in [0.15, 0.2) is 0 Å². The molecule has 0 saturated heterocycles. The van der Waals surface area contributed by atoms with Gasteiger partial charge in [-0.25, -0.2) is 0 Å². The molecule has 1 aromatic carbocycles. The van der Waals surface area contributed by atoms with Crippen LogP contribution in [0.4, 0.5) is 0 Å². The van der Waals surface area contributed by atoms with E-state index in [0.717, 1.165) is 16.3 Å². The van der Waals surface area contributed by atoms with Gasteiger partial charge >= 0.3 is 0 Å². The second-order valence-electron chi connectivity index (χ2n) is 2.25. The Bertz CT molecular complexity index is 270. The fourth-order valence-corrected chi connectivity index (χ4v) is 1.35. The maximum Gasteiger partial charge on any atom is 0.300 e. The van der Waals surface area contributed by atoms with Gasteiger partial charge in [0.1, 0.15) is 0 Å². The van der Waals surface area contributed by atoms with Crippen molar-refractivity contribution >= 4 is 33.7 Å². The minimum Gasteiger partial charge on any atom is -0.481 e. The molecule has 0 bridgehead atoms. The Morgan fingerprint density at radius 3 is 2.21 bits per heavy atom. The lowest BCUT2D eigenvalue weighted by Gasteiger charge is -1.95. The highest BCUT2D eigenvalue weighted by Gasteiger charge is 1.89. The van der Waals surface area contributed by atoms with Crippen LogP contribution in [0, 0.1) is 0 Å². The molecule has 0 aliphatic rings. The fourth-order valence-electron chi connectivity index (χ4n) is 0.605. The summed E-state index contributed by atoms with van der Waals surface area (Å²) in [6, 6.07) is 7.84. The zero-order valence-corrected chi connectivity index (χ0v) is 10.0. The van der Waals surface area contributed by atoms with E-state index < -0.39 is 5.97 Å². The average molecular weight is 279 g/mol. The first-order valence-electron chi connectivity index (χ1n) is 3.75. The first-order valence-corrected chi connectivity index (χ1v) is 5.53. The second-order valence-corrected chi connectivity index (χ2v) is 4.18. The summed E-state index contributed by atoms with van der Waals surface area (Å²) >= 11 is 4.74. The zero-order valence-electron chi connectivity index (χ0n) is 7.61. The van der Waals surface area contributed by atoms with Crippen LogP contribution < -0.4 is 0 Å². The minimum atomic E-state index is -0.833. The smallest absolute Gasteiger partial charge is 0.300 e. The third kappa shape index (κ3) is 8.10. The highest BCUT2D eigenvalue weighted by atomic mass is 79.9. The number of carbonyl (C=O) groups is 1. The summed E-state index contributed by atoms with van der Waals surface area (Å²) in [4.78, 5) is 10.1. The van der Waals surface area contributed by atoms with Crippen molar-refractivity contribution in [1.29, 1.82) is 0 Å². The van der Waals surface area contributed by atoms with Gasteiger partial charge in [-0.15, -0.1) is 0 Å². The van der Waals surface area contributed by atoms with Gasteiger partial charge in [0, 0.05) is 16.3 Å². The number of halogens is 1. The Morgan fingerprint density at radius 1 is 1.43 bits per heavy atom. The van der Waals surface area contributed by atoms with Crippen LogP contribution in [-0.4, -0.2) is 22.1 Å². The van der Waals surface area contributed by atoms with Gasteiger partial charge in [-0.2, -0.15) is 0 Å². The minimum absolute atomic E-state index is 0.141. The van der Waals surface area contributed by atoms with Gasteiger partial charge in [-0.1, -0.05) is 27.7 Å². The fraction of sp³-hybridized carbons (Fsp3) is 0.222. The number of aliphatic hydroxyl groups excluding tert-OH is 1. The van der Waals surface area contributed by atoms with Gasteiger partial charge in [0.05, 0.1) is 5.94 Å². The van der Waals surface area contributed by atoms with E-state index in [1.165, 1.54) is 11.8 Å². The van der Waals surface area contributed by atoms with E-state index in [4.69, 9.17) is 15.0 Å². The quantitative estimate of drug-likeness (QED) is 0.645. The third-order valence-electron chi connectivity index (χ3n) is 1.04. The van der Waals surface area contributed by atoms with Crippen LogP contribution in [0.3, 0.4) is 0 Å². The number of hydrogen-bond donors (Lipinski definition) is 2. The molecule has 0 radical (unpaired) electrons. The summed E-state index contributed by atoms with van der Waals surface area (Å²) in [6.45, 7) is 1.08. The monoisotopic (exact) mass is 278 g/mol. The standard InChI is InChI=1S/C7H7BrOS.C2H4O2/c8-6-1-3-7(4-2-6)10-5-9;1-2(3)4/h1-4,9H,5H2;1H3,(H,3,4). The molecule has 1 aromatic rings. The largest absolute Gasteiger partial charge is 0.481 e. The lowest BCUT2D eigenvalue weighted by Crippen LogP contribution is -1.78. The molecule has 0 heterocycles. The van der Waals surface area contributed by atoms with Gasteiger partial charge in [0.2, 0.25) is 0 Å². The van der Waals surface area contributed by atoms with Crippen LogP contribution in [0.5, 0.6) is 0 Å². The predicted octanol–water partition coefficient (Wildman–Crippen LogP) is 2.58. The topological polar surface area (TPSA) is 57.5 Å². The predicted molar refractivity (Wildman–Crippen MR) is 60.4 cm³/mol. The Kier molecular flexibility index (Phi) is 7.55. The molecule has 14 heavy (non-hydrogen) atoms. The van der Waals surface area contributed by atoms with Crippen molar-refractivity contribution in [2.45, 2.75) is 11.8 Å². The lowest BCUT2D eigenvalue weighted by atomic mass is 10.4. The molecule has 0 fully saturated rings. The van der Waals surface area contributed by atoms with Gasteiger partial charge < -0.3 is 10.2 Å². The maximum absolute atomic E-state index is 9.00. The van der Waals surface area contributed by atoms with E-state index in [9.17, 15) is 0 Å². The second kappa shape index (κ2) is 7.84. The lowest BCUT2D eigenvalue weighted by molar-refractivity contribution is -0.134. The number of aliphatic hydroxyl groups is 1. The Hall–Kier alpha value is -0.520. The third-order valence-corrected chi connectivity index (χ3v) is 2.31. The highest BCUT2D eigenvalue weighted by molar-refractivity contribution is 9.10. The number of rotatable bonds is 2. The van der Waals surface area contributed by atoms with Gasteiger partial charge in [0.25, 0.3) is 5.97 Å². The molecule has 0 unspecified atom stereocenters. The van der Waals surface area contributed by atoms with Crippen LogP contribution in [0.15, 0.2) is 33.6 Å². The number of hydrogen-bond acceptors (Lipinski definition) is 3. The number of thioether (sulfide) groups is 1. The summed E-state index contributed by atoms with van der Waals surface area (Å²) in [5.41, 5.74) is 0. The molecule has 3 nitrogen and oxygen atoms in total. The van der Waals surface area contributed by atoms with Crippen LogP contribution in [0.1, 0.15) is 6.92 Å². The van der Waals surface area contributed by atoms with Crippen LogP contribution in [0.25, 0.3) is 0 Å². The summed E-state index contributed by atoms with van der Waals surface area (Å²) in [5, 5.41) is 16.0. The molecule has 0 aliphatic heterocycles. The van der Waals surface area contributed by atoms with Crippen LogP contribution in [-0.2, 0) is 4.79 Å². The number of carboxylic acids is 1. The van der Waals surface area contributed by atoms with Crippen molar-refractivity contribution in [3.8, 4) is 0 Å². The van der Waals surface area contributed by atoms with Crippen LogP contribution in [0.2, 0.25) is 0 Å². The molecule has 5 heteroatoms. The molecule has 0 saturated carbocycles. The van der Waals surface area contributed by atoms with Crippen molar-refractivity contribution < 1.29 is 15.0 Å². The molecule has 1 rings (SSSR count). The molecular formula is C9H11BrO3S. The molecule has 0 spiro atoms. The molecule has 2 N–H and O–H groups in total. The Labute approximate surface area is 95.3 Å². The maximum atomic E-state index is 9.00. The Morgan fingerprint density at radius 2 is 1.86 bits per heavy atom. The molecule has 0 aliphatic carbocycles. The van der Waals surface area contributed by atoms with E-state index >= 15 is 0 Å². The molecule has 0 atom stereocenters. The number of benzene rings is 1. The summed E-state index contributed by atoms with van der Waals surface area (Å²) in [5.74, 6) is -0.693. The van der Waals surface area contributed by atoms with Crippen molar-refractivity contribution in [2.75, 3.05) is 5.94 Å². The Balaban J connectivity index is 0.000000364. The zero-order chi connectivity index (χ0) is 11.0. The highest BCUT2D eigenvalue weighted by Crippen LogP contribution is 2.19. The van der Waals surface area contributed by atoms with Crippen LogP contribution >= 0.6 is 27.7 Å². The summed E-state index contributed by atoms with van der Waals surface area (Å²) in [7, 11) is 0. The normalized spacial score (nSPS) is 8.79. The van der Waals surface area contributed by atoms with Crippen molar-refractivity contribution in [2.24, 2.45) is 0 Å². The summed E-state index contributed by atoms with van der Waals surface area (Å²) in [6.07, 6.45) is 0. The number of carboxylic acid groups (broad SMARTS) is 1. The molecule has 78 valence electrons. The van der Waals surface area contributed by atoms with Gasteiger partial charge in [-0.05, 0) is 24.3 Å². The molecule has 0 aromatic heterocycles. The van der Waals surface area contributed by atoms with E-state index in [1.54, 1.807) is 0 Å². The van der Waals surface area contributed by atoms with E-state index in [-0.39, 0.29) is 5.94 Å². The van der Waals surface area contributed by atoms with Crippen molar-refractivity contribution in [1.82, 2.24) is 0 Å². The van der Waals surface area contributed by atoms with Crippen molar-refractivity contribution in [3.05, 3.63) is 28.7 Å². The molecule has 0 amide bonds. The molecular weight excluding hydrogens is 268 g/mol.